The van der Waals surface area contributed by atoms with Gasteiger partial charge in [-0.25, -0.2) is 4.79 Å². The normalized spacial score (nSPS) is 12.0. The van der Waals surface area contributed by atoms with E-state index < -0.39 is 5.60 Å². The number of carbonyl (C=O) groups excluding carboxylic acids is 2. The molecule has 130 valence electrons. The average molecular weight is 315 g/mol. The Morgan fingerprint density at radius 1 is 1.09 bits per heavy atom. The third-order valence-electron chi connectivity index (χ3n) is 3.11. The molecule has 0 aliphatic rings. The summed E-state index contributed by atoms with van der Waals surface area (Å²) in [4.78, 5) is 27.3. The highest BCUT2D eigenvalue weighted by molar-refractivity contribution is 5.77. The van der Waals surface area contributed by atoms with Crippen LogP contribution in [0.4, 0.5) is 4.79 Å². The second-order valence-electron chi connectivity index (χ2n) is 7.39. The highest BCUT2D eigenvalue weighted by Crippen LogP contribution is 2.17. The van der Waals surface area contributed by atoms with Crippen molar-refractivity contribution in [3.8, 4) is 0 Å². The van der Waals surface area contributed by atoms with Crippen LogP contribution in [0.3, 0.4) is 0 Å². The molecule has 0 rings (SSSR count). The number of amides is 2. The van der Waals surface area contributed by atoms with Crippen molar-refractivity contribution in [2.45, 2.75) is 59.6 Å². The van der Waals surface area contributed by atoms with E-state index in [4.69, 9.17) is 4.74 Å². The van der Waals surface area contributed by atoms with Gasteiger partial charge in [-0.3, -0.25) is 4.79 Å². The molecule has 22 heavy (non-hydrogen) atoms. The van der Waals surface area contributed by atoms with Gasteiger partial charge in [-0.15, -0.1) is 0 Å². The van der Waals surface area contributed by atoms with Crippen molar-refractivity contribution in [3.05, 3.63) is 0 Å². The zero-order valence-electron chi connectivity index (χ0n) is 15.4. The molecule has 0 atom stereocenters. The zero-order chi connectivity index (χ0) is 17.6. The molecule has 0 aliphatic heterocycles. The summed E-state index contributed by atoms with van der Waals surface area (Å²) in [5.41, 5.74) is -0.859. The standard InChI is InChI=1S/C16H33N3O3/c1-9-18(8)13(20)12-17-10-11-19(15(2,3)4)14(21)22-16(5,6)7/h17H,9-12H2,1-8H3. The Morgan fingerprint density at radius 2 is 1.64 bits per heavy atom. The van der Waals surface area contributed by atoms with Gasteiger partial charge in [0.15, 0.2) is 0 Å². The van der Waals surface area contributed by atoms with E-state index in [1.165, 1.54) is 0 Å². The van der Waals surface area contributed by atoms with E-state index >= 15 is 0 Å². The smallest absolute Gasteiger partial charge is 0.410 e. The van der Waals surface area contributed by atoms with Crippen LogP contribution in [0.15, 0.2) is 0 Å². The predicted octanol–water partition coefficient (Wildman–Crippen LogP) is 2.09. The molecule has 0 saturated carbocycles. The quantitative estimate of drug-likeness (QED) is 0.762. The Balaban J connectivity index is 4.46. The Kier molecular flexibility index (Phi) is 7.87. The van der Waals surface area contributed by atoms with Gasteiger partial charge in [-0.1, -0.05) is 0 Å². The molecule has 0 heterocycles. The maximum Gasteiger partial charge on any atom is 0.410 e. The van der Waals surface area contributed by atoms with Crippen LogP contribution >= 0.6 is 0 Å². The van der Waals surface area contributed by atoms with Crippen molar-refractivity contribution < 1.29 is 14.3 Å². The molecule has 2 amide bonds. The van der Waals surface area contributed by atoms with E-state index in [1.54, 1.807) is 16.8 Å². The van der Waals surface area contributed by atoms with E-state index in [2.05, 4.69) is 5.32 Å². The molecule has 0 saturated heterocycles. The fraction of sp³-hybridized carbons (Fsp3) is 0.875. The summed E-state index contributed by atoms with van der Waals surface area (Å²) in [7, 11) is 1.77. The molecule has 6 heteroatoms. The molecular weight excluding hydrogens is 282 g/mol. The van der Waals surface area contributed by atoms with Crippen molar-refractivity contribution in [1.82, 2.24) is 15.1 Å². The van der Waals surface area contributed by atoms with Crippen LogP contribution in [0, 0.1) is 0 Å². The molecule has 0 aromatic heterocycles. The molecular formula is C16H33N3O3. The monoisotopic (exact) mass is 315 g/mol. The number of likely N-dealkylation sites (N-methyl/N-ethyl adjacent to an activating group) is 1. The summed E-state index contributed by atoms with van der Waals surface area (Å²) < 4.78 is 5.44. The first-order valence-electron chi connectivity index (χ1n) is 7.83. The van der Waals surface area contributed by atoms with Crippen LogP contribution in [-0.4, -0.2) is 66.2 Å². The van der Waals surface area contributed by atoms with Gasteiger partial charge in [-0.2, -0.15) is 0 Å². The van der Waals surface area contributed by atoms with Gasteiger partial charge in [0.25, 0.3) is 0 Å². The van der Waals surface area contributed by atoms with E-state index in [1.807, 2.05) is 48.5 Å². The molecule has 0 aromatic carbocycles. The third-order valence-corrected chi connectivity index (χ3v) is 3.11. The Bertz CT molecular complexity index is 370. The summed E-state index contributed by atoms with van der Waals surface area (Å²) >= 11 is 0. The number of rotatable bonds is 6. The second kappa shape index (κ2) is 8.36. The van der Waals surface area contributed by atoms with Crippen LogP contribution in [-0.2, 0) is 9.53 Å². The summed E-state index contributed by atoms with van der Waals surface area (Å²) in [5, 5.41) is 3.08. The van der Waals surface area contributed by atoms with E-state index in [0.717, 1.165) is 0 Å². The maximum absolute atomic E-state index is 12.3. The minimum absolute atomic E-state index is 0.0436. The highest BCUT2D eigenvalue weighted by atomic mass is 16.6. The number of nitrogens with zero attached hydrogens (tertiary/aromatic N) is 2. The molecule has 0 bridgehead atoms. The summed E-state index contributed by atoms with van der Waals surface area (Å²) in [6.07, 6.45) is -0.334. The Morgan fingerprint density at radius 3 is 2.05 bits per heavy atom. The Hall–Kier alpha value is -1.30. The lowest BCUT2D eigenvalue weighted by Gasteiger charge is -2.37. The number of hydrogen-bond acceptors (Lipinski definition) is 4. The van der Waals surface area contributed by atoms with Crippen LogP contribution in [0.25, 0.3) is 0 Å². The second-order valence-corrected chi connectivity index (χ2v) is 7.39. The number of carbonyl (C=O) groups is 2. The molecule has 0 spiro atoms. The van der Waals surface area contributed by atoms with Gasteiger partial charge in [0.2, 0.25) is 5.91 Å². The van der Waals surface area contributed by atoms with Crippen molar-refractivity contribution >= 4 is 12.0 Å². The topological polar surface area (TPSA) is 61.9 Å². The van der Waals surface area contributed by atoms with Gasteiger partial charge in [0, 0.05) is 32.2 Å². The fourth-order valence-corrected chi connectivity index (χ4v) is 1.72. The van der Waals surface area contributed by atoms with Gasteiger partial charge in [-0.05, 0) is 48.5 Å². The molecule has 0 fully saturated rings. The summed E-state index contributed by atoms with van der Waals surface area (Å²) in [5.74, 6) is 0.0436. The molecule has 0 aromatic rings. The number of hydrogen-bond donors (Lipinski definition) is 1. The molecule has 6 nitrogen and oxygen atoms in total. The van der Waals surface area contributed by atoms with Crippen LogP contribution in [0.2, 0.25) is 0 Å². The maximum atomic E-state index is 12.3. The van der Waals surface area contributed by atoms with Crippen molar-refractivity contribution in [3.63, 3.8) is 0 Å². The summed E-state index contributed by atoms with van der Waals surface area (Å²) in [6.45, 7) is 15.4. The van der Waals surface area contributed by atoms with Gasteiger partial charge in [0.1, 0.15) is 5.60 Å². The van der Waals surface area contributed by atoms with E-state index in [-0.39, 0.29) is 24.1 Å². The van der Waals surface area contributed by atoms with Crippen LogP contribution < -0.4 is 5.32 Å². The van der Waals surface area contributed by atoms with E-state index in [9.17, 15) is 9.59 Å². The fourth-order valence-electron chi connectivity index (χ4n) is 1.72. The molecule has 1 N–H and O–H groups in total. The minimum atomic E-state index is -0.520. The van der Waals surface area contributed by atoms with Crippen molar-refractivity contribution in [1.29, 1.82) is 0 Å². The van der Waals surface area contributed by atoms with Crippen LogP contribution in [0.5, 0.6) is 0 Å². The third kappa shape index (κ3) is 8.22. The zero-order valence-corrected chi connectivity index (χ0v) is 15.4. The lowest BCUT2D eigenvalue weighted by atomic mass is 10.1. The van der Waals surface area contributed by atoms with E-state index in [0.29, 0.717) is 19.6 Å². The highest BCUT2D eigenvalue weighted by Gasteiger charge is 2.30. The number of nitrogens with one attached hydrogen (secondary N) is 1. The predicted molar refractivity (Wildman–Crippen MR) is 88.9 cm³/mol. The molecule has 0 radical (unpaired) electrons. The molecule has 0 aliphatic carbocycles. The first-order valence-corrected chi connectivity index (χ1v) is 7.83. The van der Waals surface area contributed by atoms with Crippen LogP contribution in [0.1, 0.15) is 48.5 Å². The first kappa shape index (κ1) is 20.7. The van der Waals surface area contributed by atoms with Gasteiger partial charge in [0.05, 0.1) is 6.54 Å². The largest absolute Gasteiger partial charge is 0.444 e. The van der Waals surface area contributed by atoms with Crippen molar-refractivity contribution in [2.24, 2.45) is 0 Å². The lowest BCUT2D eigenvalue weighted by molar-refractivity contribution is -0.128. The average Bonchev–Trinajstić information content (AvgIpc) is 2.33. The first-order chi connectivity index (χ1) is 9.88. The Labute approximate surface area is 135 Å². The minimum Gasteiger partial charge on any atom is -0.444 e. The summed E-state index contributed by atoms with van der Waals surface area (Å²) in [6, 6.07) is 0. The van der Waals surface area contributed by atoms with Crippen molar-refractivity contribution in [2.75, 3.05) is 33.2 Å². The lowest BCUT2D eigenvalue weighted by Crippen LogP contribution is -2.50. The SMILES string of the molecule is CCN(C)C(=O)CNCCN(C(=O)OC(C)(C)C)C(C)(C)C. The van der Waals surface area contributed by atoms with Gasteiger partial charge < -0.3 is 19.9 Å². The number of ether oxygens (including phenoxy) is 1. The van der Waals surface area contributed by atoms with Gasteiger partial charge >= 0.3 is 6.09 Å². The molecule has 0 unspecified atom stereocenters.